The number of benzene rings is 1. The first kappa shape index (κ1) is 20.9. The van der Waals surface area contributed by atoms with E-state index in [-0.39, 0.29) is 30.1 Å². The zero-order valence-corrected chi connectivity index (χ0v) is 17.6. The first-order chi connectivity index (χ1) is 15.1. The van der Waals surface area contributed by atoms with Crippen LogP contribution in [0.15, 0.2) is 65.2 Å². The topological polar surface area (TPSA) is 81.7 Å². The Labute approximate surface area is 182 Å². The van der Waals surface area contributed by atoms with Crippen LogP contribution in [-0.2, 0) is 6.61 Å². The molecule has 0 aliphatic heterocycles. The van der Waals surface area contributed by atoms with Gasteiger partial charge in [-0.25, -0.2) is 4.39 Å². The van der Waals surface area contributed by atoms with Gasteiger partial charge in [0.25, 0.3) is 5.91 Å². The number of ether oxygens (including phenoxy) is 1. The number of rotatable bonds is 9. The van der Waals surface area contributed by atoms with Crippen LogP contribution in [0.25, 0.3) is 5.65 Å². The molecule has 1 amide bonds. The summed E-state index contributed by atoms with van der Waals surface area (Å²) in [6.07, 6.45) is 4.59. The van der Waals surface area contributed by atoms with Crippen molar-refractivity contribution >= 4 is 23.3 Å². The average Bonchev–Trinajstić information content (AvgIpc) is 3.43. The summed E-state index contributed by atoms with van der Waals surface area (Å²) in [7, 11) is 0. The Bertz CT molecular complexity index is 1160. The van der Waals surface area contributed by atoms with Crippen LogP contribution in [0, 0.1) is 5.82 Å². The molecule has 0 fully saturated rings. The van der Waals surface area contributed by atoms with Crippen molar-refractivity contribution in [3.8, 4) is 5.75 Å². The summed E-state index contributed by atoms with van der Waals surface area (Å²) in [5.74, 6) is 2.03. The molecule has 1 aromatic carbocycles. The highest BCUT2D eigenvalue weighted by atomic mass is 32.2. The number of hydrogen-bond acceptors (Lipinski definition) is 6. The number of carbonyl (C=O) groups is 1. The van der Waals surface area contributed by atoms with Crippen molar-refractivity contribution in [3.63, 3.8) is 0 Å². The Morgan fingerprint density at radius 3 is 2.84 bits per heavy atom. The van der Waals surface area contributed by atoms with Gasteiger partial charge in [0.05, 0.1) is 6.04 Å². The highest BCUT2D eigenvalue weighted by Gasteiger charge is 2.22. The number of fused-ring (bicyclic) bond motifs is 1. The highest BCUT2D eigenvalue weighted by molar-refractivity contribution is 7.98. The number of halogens is 1. The zero-order valence-electron chi connectivity index (χ0n) is 16.8. The van der Waals surface area contributed by atoms with Gasteiger partial charge in [-0.05, 0) is 67.0 Å². The molecule has 0 saturated carbocycles. The molecule has 9 heteroatoms. The first-order valence-electron chi connectivity index (χ1n) is 9.70. The van der Waals surface area contributed by atoms with Gasteiger partial charge in [-0.3, -0.25) is 9.20 Å². The molecular formula is C22H21FN4O3S. The maximum absolute atomic E-state index is 13.0. The molecule has 31 heavy (non-hydrogen) atoms. The lowest BCUT2D eigenvalue weighted by Gasteiger charge is -2.16. The summed E-state index contributed by atoms with van der Waals surface area (Å²) in [6, 6.07) is 14.3. The van der Waals surface area contributed by atoms with E-state index in [1.54, 1.807) is 23.9 Å². The predicted octanol–water partition coefficient (Wildman–Crippen LogP) is 4.26. The lowest BCUT2D eigenvalue weighted by molar-refractivity contribution is 0.0901. The van der Waals surface area contributed by atoms with E-state index in [2.05, 4.69) is 15.5 Å². The van der Waals surface area contributed by atoms with Crippen molar-refractivity contribution in [3.05, 3.63) is 84.0 Å². The van der Waals surface area contributed by atoms with Crippen LogP contribution in [0.5, 0.6) is 5.75 Å². The second kappa shape index (κ2) is 9.65. The van der Waals surface area contributed by atoms with Gasteiger partial charge in [0.2, 0.25) is 0 Å². The van der Waals surface area contributed by atoms with E-state index in [1.807, 2.05) is 35.1 Å². The summed E-state index contributed by atoms with van der Waals surface area (Å²) in [6.45, 7) is 0.129. The predicted molar refractivity (Wildman–Crippen MR) is 116 cm³/mol. The molecule has 3 heterocycles. The number of furan rings is 1. The second-order valence-corrected chi connectivity index (χ2v) is 7.79. The van der Waals surface area contributed by atoms with E-state index < -0.39 is 0 Å². The van der Waals surface area contributed by atoms with Gasteiger partial charge in [0.15, 0.2) is 17.2 Å². The van der Waals surface area contributed by atoms with Crippen molar-refractivity contribution in [2.75, 3.05) is 12.0 Å². The largest absolute Gasteiger partial charge is 0.486 e. The van der Waals surface area contributed by atoms with Crippen LogP contribution in [0.2, 0.25) is 0 Å². The van der Waals surface area contributed by atoms with E-state index in [1.165, 1.54) is 24.3 Å². The molecule has 7 nitrogen and oxygen atoms in total. The van der Waals surface area contributed by atoms with Crippen molar-refractivity contribution < 1.29 is 18.3 Å². The standard InChI is InChI=1S/C22H21FN4O3S/c1-31-13-11-18(21-26-25-20-4-2-3-12-27(20)21)24-22(28)19-10-9-17(30-19)14-29-16-7-5-15(23)6-8-16/h2-10,12,18H,11,13-14H2,1H3,(H,24,28). The molecule has 1 atom stereocenters. The summed E-state index contributed by atoms with van der Waals surface area (Å²) in [4.78, 5) is 12.8. The van der Waals surface area contributed by atoms with Crippen molar-refractivity contribution in [1.82, 2.24) is 19.9 Å². The monoisotopic (exact) mass is 440 g/mol. The molecule has 3 aromatic heterocycles. The minimum atomic E-state index is -0.341. The van der Waals surface area contributed by atoms with E-state index in [4.69, 9.17) is 9.15 Å². The van der Waals surface area contributed by atoms with Gasteiger partial charge in [-0.1, -0.05) is 6.07 Å². The molecule has 0 aliphatic rings. The van der Waals surface area contributed by atoms with Crippen LogP contribution < -0.4 is 10.1 Å². The van der Waals surface area contributed by atoms with E-state index >= 15 is 0 Å². The third-order valence-corrected chi connectivity index (χ3v) is 5.29. The normalized spacial score (nSPS) is 12.1. The molecule has 1 unspecified atom stereocenters. The smallest absolute Gasteiger partial charge is 0.287 e. The third-order valence-electron chi connectivity index (χ3n) is 4.65. The molecule has 0 radical (unpaired) electrons. The summed E-state index contributed by atoms with van der Waals surface area (Å²) in [5.41, 5.74) is 0.721. The third kappa shape index (κ3) is 5.05. The van der Waals surface area contributed by atoms with E-state index in [9.17, 15) is 9.18 Å². The number of thioether (sulfide) groups is 1. The van der Waals surface area contributed by atoms with Gasteiger partial charge < -0.3 is 14.5 Å². The minimum absolute atomic E-state index is 0.129. The molecule has 0 spiro atoms. The number of aromatic nitrogens is 3. The Balaban J connectivity index is 1.44. The summed E-state index contributed by atoms with van der Waals surface area (Å²) < 4.78 is 26.1. The second-order valence-electron chi connectivity index (χ2n) is 6.80. The average molecular weight is 441 g/mol. The van der Waals surface area contributed by atoms with Gasteiger partial charge in [-0.2, -0.15) is 11.8 Å². The van der Waals surface area contributed by atoms with Crippen molar-refractivity contribution in [2.24, 2.45) is 0 Å². The molecule has 4 rings (SSSR count). The number of nitrogens with zero attached hydrogens (tertiary/aromatic N) is 3. The Kier molecular flexibility index (Phi) is 6.51. The zero-order chi connectivity index (χ0) is 21.6. The van der Waals surface area contributed by atoms with E-state index in [0.717, 1.165) is 11.4 Å². The molecule has 160 valence electrons. The van der Waals surface area contributed by atoms with Crippen LogP contribution in [0.4, 0.5) is 4.39 Å². The molecule has 0 bridgehead atoms. The maximum Gasteiger partial charge on any atom is 0.287 e. The van der Waals surface area contributed by atoms with Gasteiger partial charge in [0.1, 0.15) is 23.9 Å². The maximum atomic E-state index is 13.0. The number of amides is 1. The SMILES string of the molecule is CSCCC(NC(=O)c1ccc(COc2ccc(F)cc2)o1)c1nnc2ccccn12. The van der Waals surface area contributed by atoms with Crippen LogP contribution in [0.3, 0.4) is 0 Å². The first-order valence-corrected chi connectivity index (χ1v) is 11.1. The van der Waals surface area contributed by atoms with Crippen LogP contribution in [-0.4, -0.2) is 32.5 Å². The minimum Gasteiger partial charge on any atom is -0.486 e. The fourth-order valence-electron chi connectivity index (χ4n) is 3.09. The fourth-order valence-corrected chi connectivity index (χ4v) is 3.56. The lowest BCUT2D eigenvalue weighted by Crippen LogP contribution is -2.30. The van der Waals surface area contributed by atoms with Crippen LogP contribution in [0.1, 0.15) is 34.6 Å². The Morgan fingerprint density at radius 2 is 2.03 bits per heavy atom. The van der Waals surface area contributed by atoms with Crippen molar-refractivity contribution in [1.29, 1.82) is 0 Å². The molecular weight excluding hydrogens is 419 g/mol. The van der Waals surface area contributed by atoms with Gasteiger partial charge in [0, 0.05) is 6.20 Å². The molecule has 0 saturated heterocycles. The molecule has 1 N–H and O–H groups in total. The summed E-state index contributed by atoms with van der Waals surface area (Å²) >= 11 is 1.69. The fraction of sp³-hybridized carbons (Fsp3) is 0.227. The number of hydrogen-bond donors (Lipinski definition) is 1. The quantitative estimate of drug-likeness (QED) is 0.419. The molecule has 0 aliphatic carbocycles. The van der Waals surface area contributed by atoms with Gasteiger partial charge >= 0.3 is 0 Å². The lowest BCUT2D eigenvalue weighted by atomic mass is 10.2. The number of carbonyl (C=O) groups excluding carboxylic acids is 1. The molecule has 4 aromatic rings. The number of nitrogens with one attached hydrogen (secondary N) is 1. The number of pyridine rings is 1. The van der Waals surface area contributed by atoms with E-state index in [0.29, 0.717) is 23.8 Å². The van der Waals surface area contributed by atoms with Crippen LogP contribution >= 0.6 is 11.8 Å². The highest BCUT2D eigenvalue weighted by Crippen LogP contribution is 2.20. The van der Waals surface area contributed by atoms with Gasteiger partial charge in [-0.15, -0.1) is 10.2 Å². The Morgan fingerprint density at radius 1 is 1.19 bits per heavy atom. The van der Waals surface area contributed by atoms with Crippen molar-refractivity contribution in [2.45, 2.75) is 19.1 Å². The summed E-state index contributed by atoms with van der Waals surface area (Å²) in [5, 5.41) is 11.5. The Hall–Kier alpha value is -3.33.